The van der Waals surface area contributed by atoms with E-state index in [2.05, 4.69) is 15.0 Å². The van der Waals surface area contributed by atoms with Crippen molar-refractivity contribution in [1.82, 2.24) is 15.0 Å². The second-order valence-corrected chi connectivity index (χ2v) is 5.48. The lowest BCUT2D eigenvalue weighted by atomic mass is 10.3. The molecule has 0 saturated heterocycles. The molecule has 4 nitrogen and oxygen atoms in total. The highest BCUT2D eigenvalue weighted by atomic mass is 32.1. The fourth-order valence-electron chi connectivity index (χ4n) is 1.80. The summed E-state index contributed by atoms with van der Waals surface area (Å²) in [4.78, 5) is 11.8. The van der Waals surface area contributed by atoms with Crippen LogP contribution in [0.5, 0.6) is 11.6 Å². The number of halogens is 3. The van der Waals surface area contributed by atoms with Crippen LogP contribution in [0.15, 0.2) is 41.8 Å². The zero-order valence-electron chi connectivity index (χ0n) is 11.8. The van der Waals surface area contributed by atoms with Crippen LogP contribution in [0.1, 0.15) is 11.4 Å². The Hall–Kier alpha value is -2.48. The molecule has 0 bridgehead atoms. The SMILES string of the molecule is Cc1cc(Oc2ccccc2)nc(-c2nc(C(F)(F)F)cs2)n1. The average Bonchev–Trinajstić information content (AvgIpc) is 2.97. The van der Waals surface area contributed by atoms with E-state index < -0.39 is 11.9 Å². The van der Waals surface area contributed by atoms with E-state index in [1.807, 2.05) is 6.07 Å². The van der Waals surface area contributed by atoms with Crippen LogP contribution >= 0.6 is 11.3 Å². The van der Waals surface area contributed by atoms with Gasteiger partial charge in [-0.25, -0.2) is 9.97 Å². The lowest BCUT2D eigenvalue weighted by molar-refractivity contribution is -0.140. The molecule has 23 heavy (non-hydrogen) atoms. The van der Waals surface area contributed by atoms with Crippen LogP contribution in [0.2, 0.25) is 0 Å². The van der Waals surface area contributed by atoms with Crippen LogP contribution in [-0.4, -0.2) is 15.0 Å². The number of hydrogen-bond acceptors (Lipinski definition) is 5. The van der Waals surface area contributed by atoms with Gasteiger partial charge in [0.15, 0.2) is 16.5 Å². The van der Waals surface area contributed by atoms with Gasteiger partial charge in [0.25, 0.3) is 0 Å². The number of para-hydroxylation sites is 1. The standard InChI is InChI=1S/C15H10F3N3OS/c1-9-7-12(22-10-5-3-2-4-6-10)21-13(19-9)14-20-11(8-23-14)15(16,17)18/h2-8H,1H3. The van der Waals surface area contributed by atoms with Gasteiger partial charge in [-0.3, -0.25) is 0 Å². The number of aromatic nitrogens is 3. The summed E-state index contributed by atoms with van der Waals surface area (Å²) in [5.41, 5.74) is -0.377. The molecule has 0 aliphatic carbocycles. The maximum absolute atomic E-state index is 12.6. The van der Waals surface area contributed by atoms with Crippen LogP contribution < -0.4 is 4.74 Å². The number of ether oxygens (including phenoxy) is 1. The van der Waals surface area contributed by atoms with Crippen LogP contribution in [0.4, 0.5) is 13.2 Å². The Morgan fingerprint density at radius 2 is 1.78 bits per heavy atom. The van der Waals surface area contributed by atoms with Crippen molar-refractivity contribution >= 4 is 11.3 Å². The molecule has 0 fully saturated rings. The van der Waals surface area contributed by atoms with Gasteiger partial charge in [0.1, 0.15) is 5.75 Å². The van der Waals surface area contributed by atoms with E-state index in [1.165, 1.54) is 0 Å². The van der Waals surface area contributed by atoms with Crippen LogP contribution in [0.25, 0.3) is 10.8 Å². The van der Waals surface area contributed by atoms with Gasteiger partial charge in [-0.2, -0.15) is 18.2 Å². The number of nitrogens with zero attached hydrogens (tertiary/aromatic N) is 3. The van der Waals surface area contributed by atoms with E-state index >= 15 is 0 Å². The van der Waals surface area contributed by atoms with Crippen molar-refractivity contribution < 1.29 is 17.9 Å². The normalized spacial score (nSPS) is 11.5. The van der Waals surface area contributed by atoms with Gasteiger partial charge in [-0.15, -0.1) is 11.3 Å². The lowest BCUT2D eigenvalue weighted by Gasteiger charge is -2.06. The molecule has 2 heterocycles. The van der Waals surface area contributed by atoms with Crippen molar-refractivity contribution in [1.29, 1.82) is 0 Å². The molecular weight excluding hydrogens is 327 g/mol. The van der Waals surface area contributed by atoms with Crippen LogP contribution in [0.3, 0.4) is 0 Å². The first-order valence-corrected chi connectivity index (χ1v) is 7.41. The Kier molecular flexibility index (Phi) is 3.99. The van der Waals surface area contributed by atoms with Crippen LogP contribution in [-0.2, 0) is 6.18 Å². The quantitative estimate of drug-likeness (QED) is 0.694. The first-order chi connectivity index (χ1) is 10.9. The molecule has 0 amide bonds. The maximum Gasteiger partial charge on any atom is 0.434 e. The Morgan fingerprint density at radius 1 is 1.04 bits per heavy atom. The lowest BCUT2D eigenvalue weighted by Crippen LogP contribution is -2.05. The number of aryl methyl sites for hydroxylation is 1. The first kappa shape index (κ1) is 15.4. The number of thiazole rings is 1. The van der Waals surface area contributed by atoms with Gasteiger partial charge in [0, 0.05) is 17.1 Å². The summed E-state index contributed by atoms with van der Waals surface area (Å²) in [5.74, 6) is 0.936. The van der Waals surface area contributed by atoms with Gasteiger partial charge in [-0.1, -0.05) is 18.2 Å². The molecular formula is C15H10F3N3OS. The number of hydrogen-bond donors (Lipinski definition) is 0. The Balaban J connectivity index is 1.93. The summed E-state index contributed by atoms with van der Waals surface area (Å²) in [6.07, 6.45) is -4.48. The zero-order valence-corrected chi connectivity index (χ0v) is 12.6. The minimum Gasteiger partial charge on any atom is -0.439 e. The van der Waals surface area contributed by atoms with E-state index in [1.54, 1.807) is 37.3 Å². The van der Waals surface area contributed by atoms with Gasteiger partial charge >= 0.3 is 6.18 Å². The number of benzene rings is 1. The molecule has 8 heteroatoms. The second-order valence-electron chi connectivity index (χ2n) is 4.62. The predicted octanol–water partition coefficient (Wildman–Crippen LogP) is 4.72. The highest BCUT2D eigenvalue weighted by Gasteiger charge is 2.34. The largest absolute Gasteiger partial charge is 0.439 e. The molecule has 3 aromatic rings. The van der Waals surface area contributed by atoms with Crippen molar-refractivity contribution in [2.45, 2.75) is 13.1 Å². The molecule has 0 unspecified atom stereocenters. The topological polar surface area (TPSA) is 47.9 Å². The highest BCUT2D eigenvalue weighted by molar-refractivity contribution is 7.13. The minimum atomic E-state index is -4.48. The minimum absolute atomic E-state index is 0.0962. The van der Waals surface area contributed by atoms with Crippen molar-refractivity contribution in [2.24, 2.45) is 0 Å². The monoisotopic (exact) mass is 337 g/mol. The van der Waals surface area contributed by atoms with Gasteiger partial charge in [-0.05, 0) is 19.1 Å². The van der Waals surface area contributed by atoms with Gasteiger partial charge in [0.2, 0.25) is 5.88 Å². The third kappa shape index (κ3) is 3.65. The fourth-order valence-corrected chi connectivity index (χ4v) is 2.56. The maximum atomic E-state index is 12.6. The Labute approximate surface area is 133 Å². The van der Waals surface area contributed by atoms with Crippen LogP contribution in [0, 0.1) is 6.92 Å². The van der Waals surface area contributed by atoms with Gasteiger partial charge in [0.05, 0.1) is 0 Å². The first-order valence-electron chi connectivity index (χ1n) is 6.53. The molecule has 0 aliphatic rings. The highest BCUT2D eigenvalue weighted by Crippen LogP contribution is 2.33. The molecule has 0 spiro atoms. The molecule has 0 saturated carbocycles. The van der Waals surface area contributed by atoms with Crippen molar-refractivity contribution in [2.75, 3.05) is 0 Å². The summed E-state index contributed by atoms with van der Waals surface area (Å²) in [6.45, 7) is 1.71. The predicted molar refractivity (Wildman–Crippen MR) is 79.4 cm³/mol. The Morgan fingerprint density at radius 3 is 2.43 bits per heavy atom. The van der Waals surface area contributed by atoms with E-state index in [4.69, 9.17) is 4.74 Å². The third-order valence-corrected chi connectivity index (χ3v) is 3.62. The van der Waals surface area contributed by atoms with E-state index in [-0.39, 0.29) is 16.7 Å². The summed E-state index contributed by atoms with van der Waals surface area (Å²) >= 11 is 0.842. The molecule has 0 aliphatic heterocycles. The summed E-state index contributed by atoms with van der Waals surface area (Å²) in [6, 6.07) is 10.6. The van der Waals surface area contributed by atoms with Crippen molar-refractivity contribution in [3.63, 3.8) is 0 Å². The second kappa shape index (κ2) is 5.96. The molecule has 0 atom stereocenters. The summed E-state index contributed by atoms with van der Waals surface area (Å²) < 4.78 is 43.5. The fraction of sp³-hybridized carbons (Fsp3) is 0.133. The molecule has 0 radical (unpaired) electrons. The summed E-state index contributed by atoms with van der Waals surface area (Å²) in [5, 5.41) is 1.04. The molecule has 0 N–H and O–H groups in total. The smallest absolute Gasteiger partial charge is 0.434 e. The van der Waals surface area contributed by atoms with Crippen molar-refractivity contribution in [3.05, 3.63) is 53.2 Å². The molecule has 3 rings (SSSR count). The third-order valence-electron chi connectivity index (χ3n) is 2.78. The number of rotatable bonds is 3. The van der Waals surface area contributed by atoms with E-state index in [9.17, 15) is 13.2 Å². The van der Waals surface area contributed by atoms with E-state index in [0.29, 0.717) is 11.4 Å². The average molecular weight is 337 g/mol. The zero-order chi connectivity index (χ0) is 16.4. The van der Waals surface area contributed by atoms with E-state index in [0.717, 1.165) is 16.7 Å². The molecule has 118 valence electrons. The Bertz CT molecular complexity index is 818. The van der Waals surface area contributed by atoms with Crippen molar-refractivity contribution in [3.8, 4) is 22.5 Å². The molecule has 2 aromatic heterocycles. The number of alkyl halides is 3. The van der Waals surface area contributed by atoms with Gasteiger partial charge < -0.3 is 4.74 Å². The molecule has 1 aromatic carbocycles. The summed E-state index contributed by atoms with van der Waals surface area (Å²) in [7, 11) is 0.